The Hall–Kier alpha value is -1.88. The number of hydrogen-bond donors (Lipinski definition) is 1. The number of hydrogen-bond acceptors (Lipinski definition) is 3. The maximum Gasteiger partial charge on any atom is 0.278 e. The lowest BCUT2D eigenvalue weighted by molar-refractivity contribution is 0.102. The fourth-order valence-electron chi connectivity index (χ4n) is 1.51. The molecule has 0 aliphatic carbocycles. The van der Waals surface area contributed by atoms with E-state index < -0.39 is 0 Å². The van der Waals surface area contributed by atoms with E-state index in [0.717, 1.165) is 11.3 Å². The van der Waals surface area contributed by atoms with E-state index in [9.17, 15) is 4.79 Å². The van der Waals surface area contributed by atoms with Crippen molar-refractivity contribution in [3.05, 3.63) is 40.3 Å². The molecule has 1 amide bonds. The van der Waals surface area contributed by atoms with Crippen molar-refractivity contribution in [3.63, 3.8) is 0 Å². The highest BCUT2D eigenvalue weighted by Gasteiger charge is 2.18. The molecular weight excluding hydrogens is 252 g/mol. The Bertz CT molecular complexity index is 606. The zero-order valence-electron chi connectivity index (χ0n) is 10.4. The summed E-state index contributed by atoms with van der Waals surface area (Å²) in [5.41, 5.74) is 1.97. The van der Waals surface area contributed by atoms with Crippen molar-refractivity contribution in [1.29, 1.82) is 0 Å². The van der Waals surface area contributed by atoms with E-state index >= 15 is 0 Å². The summed E-state index contributed by atoms with van der Waals surface area (Å²) in [6.07, 6.45) is 1.64. The highest BCUT2D eigenvalue weighted by atomic mass is 35.5. The molecule has 2 rings (SSSR count). The Morgan fingerprint density at radius 3 is 2.72 bits per heavy atom. The van der Waals surface area contributed by atoms with Crippen LogP contribution in [-0.4, -0.2) is 20.7 Å². The summed E-state index contributed by atoms with van der Waals surface area (Å²) >= 11 is 6.04. The number of rotatable bonds is 2. The number of nitrogens with zero attached hydrogens (tertiary/aromatic N) is 3. The van der Waals surface area contributed by atoms with Crippen molar-refractivity contribution in [3.8, 4) is 0 Å². The first-order chi connectivity index (χ1) is 8.49. The standard InChI is InChI=1S/C12H13ClN4O/c1-7-4-5-14-9(6-7)15-12(18)11-10(13)8(2)17(3)16-11/h4-6H,1-3H3,(H,14,15,18). The van der Waals surface area contributed by atoms with E-state index in [1.54, 1.807) is 30.9 Å². The number of halogens is 1. The van der Waals surface area contributed by atoms with Crippen LogP contribution in [0.25, 0.3) is 0 Å². The molecule has 0 atom stereocenters. The first-order valence-electron chi connectivity index (χ1n) is 5.42. The number of amides is 1. The van der Waals surface area contributed by atoms with Crippen LogP contribution in [0.2, 0.25) is 5.02 Å². The van der Waals surface area contributed by atoms with E-state index in [1.807, 2.05) is 13.0 Å². The predicted molar refractivity (Wildman–Crippen MR) is 69.9 cm³/mol. The third-order valence-electron chi connectivity index (χ3n) is 2.63. The number of carbonyl (C=O) groups is 1. The zero-order chi connectivity index (χ0) is 13.3. The average molecular weight is 265 g/mol. The number of nitrogens with one attached hydrogen (secondary N) is 1. The van der Waals surface area contributed by atoms with Crippen molar-refractivity contribution in [2.24, 2.45) is 7.05 Å². The number of anilines is 1. The minimum absolute atomic E-state index is 0.208. The smallest absolute Gasteiger partial charge is 0.278 e. The van der Waals surface area contributed by atoms with Crippen LogP contribution in [0.5, 0.6) is 0 Å². The molecule has 0 fully saturated rings. The van der Waals surface area contributed by atoms with Gasteiger partial charge in [0, 0.05) is 13.2 Å². The van der Waals surface area contributed by atoms with Gasteiger partial charge in [0.1, 0.15) is 5.82 Å². The second-order valence-corrected chi connectivity index (χ2v) is 4.42. The Labute approximate surface area is 110 Å². The molecule has 2 heterocycles. The molecule has 0 saturated carbocycles. The summed E-state index contributed by atoms with van der Waals surface area (Å²) in [5, 5.41) is 7.11. The SMILES string of the molecule is Cc1ccnc(NC(=O)c2nn(C)c(C)c2Cl)c1. The predicted octanol–water partition coefficient (Wildman–Crippen LogP) is 2.34. The van der Waals surface area contributed by atoms with Gasteiger partial charge in [0.15, 0.2) is 5.69 Å². The normalized spacial score (nSPS) is 10.4. The Morgan fingerprint density at radius 1 is 1.44 bits per heavy atom. The van der Waals surface area contributed by atoms with Crippen LogP contribution in [0.1, 0.15) is 21.7 Å². The van der Waals surface area contributed by atoms with Gasteiger partial charge in [0.05, 0.1) is 10.7 Å². The summed E-state index contributed by atoms with van der Waals surface area (Å²) < 4.78 is 1.57. The molecule has 2 aromatic heterocycles. The van der Waals surface area contributed by atoms with Crippen molar-refractivity contribution in [1.82, 2.24) is 14.8 Å². The van der Waals surface area contributed by atoms with Gasteiger partial charge in [-0.05, 0) is 31.5 Å². The Balaban J connectivity index is 2.25. The quantitative estimate of drug-likeness (QED) is 0.906. The first-order valence-corrected chi connectivity index (χ1v) is 5.80. The topological polar surface area (TPSA) is 59.8 Å². The van der Waals surface area contributed by atoms with Crippen molar-refractivity contribution < 1.29 is 4.79 Å². The third kappa shape index (κ3) is 2.36. The molecular formula is C12H13ClN4O. The van der Waals surface area contributed by atoms with Gasteiger partial charge in [-0.15, -0.1) is 0 Å². The molecule has 0 saturated heterocycles. The fourth-order valence-corrected chi connectivity index (χ4v) is 1.75. The zero-order valence-corrected chi connectivity index (χ0v) is 11.1. The van der Waals surface area contributed by atoms with Crippen LogP contribution in [-0.2, 0) is 7.05 Å². The van der Waals surface area contributed by atoms with Gasteiger partial charge in [-0.25, -0.2) is 4.98 Å². The molecule has 6 heteroatoms. The number of pyridine rings is 1. The van der Waals surface area contributed by atoms with Gasteiger partial charge in [0.2, 0.25) is 0 Å². The lowest BCUT2D eigenvalue weighted by Gasteiger charge is -2.03. The van der Waals surface area contributed by atoms with E-state index in [-0.39, 0.29) is 11.6 Å². The monoisotopic (exact) mass is 264 g/mol. The molecule has 0 unspecified atom stereocenters. The van der Waals surface area contributed by atoms with E-state index in [0.29, 0.717) is 10.8 Å². The van der Waals surface area contributed by atoms with Gasteiger partial charge in [-0.2, -0.15) is 5.10 Å². The minimum Gasteiger partial charge on any atom is -0.305 e. The first kappa shape index (κ1) is 12.6. The molecule has 0 aliphatic heterocycles. The van der Waals surface area contributed by atoms with Crippen molar-refractivity contribution in [2.75, 3.05) is 5.32 Å². The lowest BCUT2D eigenvalue weighted by atomic mass is 10.3. The Morgan fingerprint density at radius 2 is 2.17 bits per heavy atom. The third-order valence-corrected chi connectivity index (χ3v) is 3.09. The summed E-state index contributed by atoms with van der Waals surface area (Å²) in [6, 6.07) is 3.63. The van der Waals surface area contributed by atoms with Gasteiger partial charge in [-0.1, -0.05) is 11.6 Å². The summed E-state index contributed by atoms with van der Waals surface area (Å²) in [4.78, 5) is 16.1. The second-order valence-electron chi connectivity index (χ2n) is 4.04. The highest BCUT2D eigenvalue weighted by Crippen LogP contribution is 2.20. The average Bonchev–Trinajstić information content (AvgIpc) is 2.57. The fraction of sp³-hybridized carbons (Fsp3) is 0.250. The summed E-state index contributed by atoms with van der Waals surface area (Å²) in [7, 11) is 1.74. The maximum absolute atomic E-state index is 12.0. The van der Waals surface area contributed by atoms with Gasteiger partial charge >= 0.3 is 0 Å². The van der Waals surface area contributed by atoms with E-state index in [4.69, 9.17) is 11.6 Å². The van der Waals surface area contributed by atoms with E-state index in [2.05, 4.69) is 15.4 Å². The van der Waals surface area contributed by atoms with Crippen LogP contribution in [0.15, 0.2) is 18.3 Å². The number of aromatic nitrogens is 3. The van der Waals surface area contributed by atoms with Crippen molar-refractivity contribution in [2.45, 2.75) is 13.8 Å². The van der Waals surface area contributed by atoms with Gasteiger partial charge < -0.3 is 5.32 Å². The molecule has 94 valence electrons. The second kappa shape index (κ2) is 4.78. The number of carbonyl (C=O) groups excluding carboxylic acids is 1. The molecule has 0 bridgehead atoms. The van der Waals surface area contributed by atoms with Crippen LogP contribution in [0.3, 0.4) is 0 Å². The maximum atomic E-state index is 12.0. The van der Waals surface area contributed by atoms with Crippen LogP contribution in [0.4, 0.5) is 5.82 Å². The van der Waals surface area contributed by atoms with Gasteiger partial charge in [0.25, 0.3) is 5.91 Å². The van der Waals surface area contributed by atoms with Crippen LogP contribution >= 0.6 is 11.6 Å². The minimum atomic E-state index is -0.359. The molecule has 2 aromatic rings. The van der Waals surface area contributed by atoms with Crippen molar-refractivity contribution >= 4 is 23.3 Å². The van der Waals surface area contributed by atoms with E-state index in [1.165, 1.54) is 0 Å². The molecule has 0 aliphatic rings. The molecule has 1 N–H and O–H groups in total. The number of aryl methyl sites for hydroxylation is 2. The molecule has 18 heavy (non-hydrogen) atoms. The molecule has 0 radical (unpaired) electrons. The summed E-state index contributed by atoms with van der Waals surface area (Å²) in [6.45, 7) is 3.73. The lowest BCUT2D eigenvalue weighted by Crippen LogP contribution is -2.14. The molecule has 0 spiro atoms. The Kier molecular flexibility index (Phi) is 3.34. The summed E-state index contributed by atoms with van der Waals surface area (Å²) in [5.74, 6) is 0.126. The van der Waals surface area contributed by atoms with Crippen LogP contribution in [0, 0.1) is 13.8 Å². The highest BCUT2D eigenvalue weighted by molar-refractivity contribution is 6.34. The molecule has 0 aromatic carbocycles. The molecule has 5 nitrogen and oxygen atoms in total. The van der Waals surface area contributed by atoms with Crippen LogP contribution < -0.4 is 5.32 Å². The van der Waals surface area contributed by atoms with Gasteiger partial charge in [-0.3, -0.25) is 9.48 Å². The largest absolute Gasteiger partial charge is 0.305 e.